The van der Waals surface area contributed by atoms with Gasteiger partial charge in [0, 0.05) is 11.0 Å². The monoisotopic (exact) mass is 163 g/mol. The average Bonchev–Trinajstić information content (AvgIpc) is 2.77. The Morgan fingerprint density at radius 2 is 2.18 bits per heavy atom. The van der Waals surface area contributed by atoms with Crippen molar-refractivity contribution in [2.45, 2.75) is 30.6 Å². The Morgan fingerprint density at radius 1 is 1.45 bits per heavy atom. The number of aryl methyl sites for hydroxylation is 1. The minimum absolute atomic E-state index is 0.793. The topological polar surface area (TPSA) is 0 Å². The smallest absolute Gasteiger partial charge is 0.0151 e. The molecule has 0 heterocycles. The van der Waals surface area contributed by atoms with Gasteiger partial charge in [0.05, 0.1) is 0 Å². The molecular formula is C10H11S. The summed E-state index contributed by atoms with van der Waals surface area (Å²) >= 11 is 4.33. The Morgan fingerprint density at radius 3 is 2.73 bits per heavy atom. The van der Waals surface area contributed by atoms with Crippen molar-refractivity contribution < 1.29 is 0 Å². The molecule has 0 N–H and O–H groups in total. The molecule has 0 spiro atoms. The minimum Gasteiger partial charge on any atom is -0.143 e. The molecule has 2 rings (SSSR count). The van der Waals surface area contributed by atoms with E-state index in [2.05, 4.69) is 37.8 Å². The highest BCUT2D eigenvalue weighted by atomic mass is 32.1. The highest BCUT2D eigenvalue weighted by molar-refractivity contribution is 7.80. The summed E-state index contributed by atoms with van der Waals surface area (Å²) in [5.74, 6) is 0.793. The third-order valence-electron chi connectivity index (χ3n) is 2.17. The molecule has 0 unspecified atom stereocenters. The summed E-state index contributed by atoms with van der Waals surface area (Å²) in [6.45, 7) is 2.06. The van der Waals surface area contributed by atoms with Crippen LogP contribution in [0.25, 0.3) is 0 Å². The normalized spacial score (nSPS) is 16.9. The summed E-state index contributed by atoms with van der Waals surface area (Å²) in [7, 11) is 0. The Bertz CT molecular complexity index is 274. The van der Waals surface area contributed by atoms with Crippen molar-refractivity contribution in [1.29, 1.82) is 0 Å². The van der Waals surface area contributed by atoms with E-state index in [1.165, 1.54) is 24.0 Å². The lowest BCUT2D eigenvalue weighted by Crippen LogP contribution is -1.82. The van der Waals surface area contributed by atoms with Gasteiger partial charge in [-0.25, -0.2) is 0 Å². The molecule has 1 aromatic carbocycles. The molecule has 0 bridgehead atoms. The standard InChI is InChI=1S/C10H11S/c1-7-2-3-9(6-10(7)11)8-4-5-8/h2-3,8,11H,4-5H2,1H3. The number of benzene rings is 1. The Hall–Kier alpha value is -0.430. The average molecular weight is 163 g/mol. The molecule has 57 valence electrons. The fourth-order valence-corrected chi connectivity index (χ4v) is 1.41. The van der Waals surface area contributed by atoms with Gasteiger partial charge in [0.2, 0.25) is 0 Å². The lowest BCUT2D eigenvalue weighted by molar-refractivity contribution is 1.09. The van der Waals surface area contributed by atoms with Crippen molar-refractivity contribution in [2.24, 2.45) is 0 Å². The zero-order chi connectivity index (χ0) is 7.84. The van der Waals surface area contributed by atoms with Crippen LogP contribution in [0.2, 0.25) is 0 Å². The van der Waals surface area contributed by atoms with Crippen LogP contribution in [-0.2, 0) is 0 Å². The molecule has 0 aromatic heterocycles. The van der Waals surface area contributed by atoms with Gasteiger partial charge in [-0.3, -0.25) is 0 Å². The zero-order valence-electron chi connectivity index (χ0n) is 6.59. The number of rotatable bonds is 1. The predicted octanol–water partition coefficient (Wildman–Crippen LogP) is 2.96. The van der Waals surface area contributed by atoms with Gasteiger partial charge in [0.15, 0.2) is 0 Å². The molecule has 0 nitrogen and oxygen atoms in total. The molecule has 1 saturated carbocycles. The molecule has 0 atom stereocenters. The predicted molar refractivity (Wildman–Crippen MR) is 49.2 cm³/mol. The van der Waals surface area contributed by atoms with Gasteiger partial charge < -0.3 is 0 Å². The number of thiol groups is 1. The summed E-state index contributed by atoms with van der Waals surface area (Å²) < 4.78 is 0. The highest BCUT2D eigenvalue weighted by Gasteiger charge is 2.23. The summed E-state index contributed by atoms with van der Waals surface area (Å²) in [5.41, 5.74) is 2.57. The third kappa shape index (κ3) is 1.43. The summed E-state index contributed by atoms with van der Waals surface area (Å²) in [6.07, 6.45) is 2.68. The lowest BCUT2D eigenvalue weighted by atomic mass is 10.1. The van der Waals surface area contributed by atoms with E-state index in [9.17, 15) is 0 Å². The third-order valence-corrected chi connectivity index (χ3v) is 2.63. The van der Waals surface area contributed by atoms with E-state index < -0.39 is 0 Å². The molecule has 1 aromatic rings. The molecule has 0 amide bonds. The van der Waals surface area contributed by atoms with E-state index in [4.69, 9.17) is 0 Å². The maximum Gasteiger partial charge on any atom is 0.0151 e. The van der Waals surface area contributed by atoms with E-state index in [1.54, 1.807) is 0 Å². The van der Waals surface area contributed by atoms with Crippen LogP contribution in [0, 0.1) is 13.0 Å². The van der Waals surface area contributed by atoms with Crippen LogP contribution >= 0.6 is 12.6 Å². The van der Waals surface area contributed by atoms with Crippen LogP contribution in [0.4, 0.5) is 0 Å². The first-order valence-corrected chi connectivity index (χ1v) is 4.44. The summed E-state index contributed by atoms with van der Waals surface area (Å²) in [6, 6.07) is 7.61. The second kappa shape index (κ2) is 2.56. The van der Waals surface area contributed by atoms with Gasteiger partial charge in [-0.2, -0.15) is 0 Å². The van der Waals surface area contributed by atoms with Crippen LogP contribution < -0.4 is 0 Å². The first-order valence-electron chi connectivity index (χ1n) is 3.99. The van der Waals surface area contributed by atoms with Crippen molar-refractivity contribution in [1.82, 2.24) is 0 Å². The first-order chi connectivity index (χ1) is 5.27. The van der Waals surface area contributed by atoms with E-state index in [1.807, 2.05) is 0 Å². The highest BCUT2D eigenvalue weighted by Crippen LogP contribution is 2.40. The minimum atomic E-state index is 0.793. The van der Waals surface area contributed by atoms with Gasteiger partial charge in [-0.15, -0.1) is 12.6 Å². The number of hydrogen-bond acceptors (Lipinski definition) is 1. The summed E-state index contributed by atoms with van der Waals surface area (Å²) in [5, 5.41) is 0. The van der Waals surface area contributed by atoms with E-state index >= 15 is 0 Å². The van der Waals surface area contributed by atoms with Crippen LogP contribution in [0.3, 0.4) is 0 Å². The molecule has 1 aliphatic carbocycles. The van der Waals surface area contributed by atoms with Crippen molar-refractivity contribution in [2.75, 3.05) is 0 Å². The summed E-state index contributed by atoms with van der Waals surface area (Å²) in [4.78, 5) is 1.01. The maximum absolute atomic E-state index is 4.33. The van der Waals surface area contributed by atoms with Crippen molar-refractivity contribution in [3.8, 4) is 0 Å². The molecule has 1 aliphatic rings. The zero-order valence-corrected chi connectivity index (χ0v) is 7.49. The fourth-order valence-electron chi connectivity index (χ4n) is 1.20. The molecular weight excluding hydrogens is 152 g/mol. The quantitative estimate of drug-likeness (QED) is 0.605. The second-order valence-corrected chi connectivity index (χ2v) is 3.67. The van der Waals surface area contributed by atoms with Crippen molar-refractivity contribution >= 4 is 12.6 Å². The Balaban J connectivity index is 2.36. The van der Waals surface area contributed by atoms with Crippen LogP contribution in [-0.4, -0.2) is 0 Å². The SMILES string of the molecule is Cc1ccc(C2CC2)[c]c1S. The molecule has 11 heavy (non-hydrogen) atoms. The molecule has 0 saturated heterocycles. The largest absolute Gasteiger partial charge is 0.143 e. The van der Waals surface area contributed by atoms with Gasteiger partial charge in [0.1, 0.15) is 0 Å². The maximum atomic E-state index is 4.33. The fraction of sp³-hybridized carbons (Fsp3) is 0.400. The van der Waals surface area contributed by atoms with Crippen LogP contribution in [0.15, 0.2) is 17.0 Å². The number of hydrogen-bond donors (Lipinski definition) is 1. The van der Waals surface area contributed by atoms with Crippen molar-refractivity contribution in [3.63, 3.8) is 0 Å². The molecule has 1 fully saturated rings. The van der Waals surface area contributed by atoms with E-state index in [-0.39, 0.29) is 0 Å². The van der Waals surface area contributed by atoms with Crippen LogP contribution in [0.5, 0.6) is 0 Å². The molecule has 0 aliphatic heterocycles. The van der Waals surface area contributed by atoms with Crippen molar-refractivity contribution in [3.05, 3.63) is 29.3 Å². The Labute approximate surface area is 73.0 Å². The van der Waals surface area contributed by atoms with Gasteiger partial charge in [-0.05, 0) is 36.8 Å². The molecule has 1 radical (unpaired) electrons. The second-order valence-electron chi connectivity index (χ2n) is 3.22. The van der Waals surface area contributed by atoms with Gasteiger partial charge in [0.25, 0.3) is 0 Å². The first kappa shape index (κ1) is 7.23. The van der Waals surface area contributed by atoms with Gasteiger partial charge in [-0.1, -0.05) is 12.1 Å². The van der Waals surface area contributed by atoms with Crippen LogP contribution in [0.1, 0.15) is 29.9 Å². The lowest BCUT2D eigenvalue weighted by Gasteiger charge is -2.00. The van der Waals surface area contributed by atoms with E-state index in [0.717, 1.165) is 10.8 Å². The molecule has 1 heteroatoms. The van der Waals surface area contributed by atoms with E-state index in [0.29, 0.717) is 0 Å². The Kier molecular flexibility index (Phi) is 1.68. The van der Waals surface area contributed by atoms with Gasteiger partial charge >= 0.3 is 0 Å².